The summed E-state index contributed by atoms with van der Waals surface area (Å²) in [7, 11) is 0. The Kier molecular flexibility index (Phi) is 3.82. The van der Waals surface area contributed by atoms with Crippen molar-refractivity contribution in [2.24, 2.45) is 5.92 Å². The maximum absolute atomic E-state index is 11.2. The number of allylic oxidation sites excluding steroid dienone is 2. The van der Waals surface area contributed by atoms with Crippen LogP contribution in [-0.4, -0.2) is 45.4 Å². The first kappa shape index (κ1) is 19.1. The molecule has 4 nitrogen and oxygen atoms in total. The molecule has 4 fully saturated rings. The lowest BCUT2D eigenvalue weighted by molar-refractivity contribution is -0.179. The van der Waals surface area contributed by atoms with Gasteiger partial charge >= 0.3 is 0 Å². The molecular weight excluding hydrogens is 370 g/mol. The van der Waals surface area contributed by atoms with Gasteiger partial charge in [0.05, 0.1) is 5.54 Å². The molecule has 1 aromatic carbocycles. The molecule has 1 aromatic heterocycles. The van der Waals surface area contributed by atoms with Gasteiger partial charge in [0.15, 0.2) is 0 Å². The number of benzene rings is 1. The molecule has 0 amide bonds. The molecule has 160 valence electrons. The van der Waals surface area contributed by atoms with Crippen molar-refractivity contribution in [1.29, 1.82) is 0 Å². The highest BCUT2D eigenvalue weighted by Gasteiger charge is 2.68. The first-order chi connectivity index (χ1) is 14.3. The van der Waals surface area contributed by atoms with Crippen LogP contribution in [0.2, 0.25) is 0 Å². The van der Waals surface area contributed by atoms with Crippen molar-refractivity contribution in [3.63, 3.8) is 0 Å². The number of aromatic amines is 1. The van der Waals surface area contributed by atoms with Crippen LogP contribution in [-0.2, 0) is 18.3 Å². The van der Waals surface area contributed by atoms with E-state index in [0.717, 1.165) is 38.8 Å². The summed E-state index contributed by atoms with van der Waals surface area (Å²) in [5.74, 6) is 0.532. The third-order valence-electron chi connectivity index (χ3n) is 9.06. The number of piperidine rings is 2. The SMILES string of the molecule is CC(C)=CCc1cccc2c3c([nH]c12)C(C)(C)[C@@H]1C[C@]24CCCN2C[C@@]1(C3)NC4O. The lowest BCUT2D eigenvalue weighted by Gasteiger charge is -2.68. The zero-order valence-electron chi connectivity index (χ0n) is 18.8. The summed E-state index contributed by atoms with van der Waals surface area (Å²) in [6.45, 7) is 11.4. The fourth-order valence-corrected chi connectivity index (χ4v) is 7.62. The molecule has 4 atom stereocenters. The highest BCUT2D eigenvalue weighted by Crippen LogP contribution is 2.59. The van der Waals surface area contributed by atoms with Gasteiger partial charge in [0.25, 0.3) is 0 Å². The van der Waals surface area contributed by atoms with E-state index in [-0.39, 0.29) is 16.5 Å². The molecule has 5 heterocycles. The van der Waals surface area contributed by atoms with E-state index in [2.05, 4.69) is 67.2 Å². The highest BCUT2D eigenvalue weighted by atomic mass is 16.3. The number of nitrogens with one attached hydrogen (secondary N) is 2. The number of nitrogens with zero attached hydrogens (tertiary/aromatic N) is 1. The van der Waals surface area contributed by atoms with Gasteiger partial charge < -0.3 is 10.1 Å². The number of hydrogen-bond donors (Lipinski definition) is 3. The van der Waals surface area contributed by atoms with E-state index in [0.29, 0.717) is 5.92 Å². The number of piperazine rings is 1. The van der Waals surface area contributed by atoms with Gasteiger partial charge in [-0.25, -0.2) is 0 Å². The van der Waals surface area contributed by atoms with E-state index in [1.54, 1.807) is 0 Å². The second kappa shape index (κ2) is 5.99. The number of aliphatic hydroxyl groups excluding tert-OH is 1. The Morgan fingerprint density at radius 3 is 2.93 bits per heavy atom. The number of aromatic nitrogens is 1. The molecule has 5 aliphatic rings. The molecule has 0 saturated carbocycles. The Balaban J connectivity index is 1.52. The van der Waals surface area contributed by atoms with Crippen LogP contribution < -0.4 is 5.32 Å². The van der Waals surface area contributed by atoms with Crippen LogP contribution in [0.25, 0.3) is 10.9 Å². The standard InChI is InChI=1S/C26H35N3O/c1-16(2)9-10-17-7-5-8-18-19-13-25-15-29-12-6-11-26(29,23(30)28-25)14-20(25)24(3,4)22(19)27-21(17)18/h5,7-9,20,23,27-28,30H,6,10-15H2,1-4H3/t20-,23?,25+,26-/m0/s1. The molecule has 30 heavy (non-hydrogen) atoms. The first-order valence-corrected chi connectivity index (χ1v) is 11.7. The summed E-state index contributed by atoms with van der Waals surface area (Å²) in [6, 6.07) is 6.79. The fraction of sp³-hybridized carbons (Fsp3) is 0.615. The Bertz CT molecular complexity index is 1060. The van der Waals surface area contributed by atoms with Crippen molar-refractivity contribution in [1.82, 2.24) is 15.2 Å². The van der Waals surface area contributed by atoms with Gasteiger partial charge in [0, 0.05) is 34.1 Å². The average molecular weight is 406 g/mol. The van der Waals surface area contributed by atoms with Crippen molar-refractivity contribution >= 4 is 10.9 Å². The number of rotatable bonds is 2. The third-order valence-corrected chi connectivity index (χ3v) is 9.06. The molecule has 1 aliphatic carbocycles. The number of fused-ring (bicyclic) bond motifs is 4. The van der Waals surface area contributed by atoms with Gasteiger partial charge in [-0.2, -0.15) is 0 Å². The second-order valence-corrected chi connectivity index (χ2v) is 11.3. The molecule has 7 rings (SSSR count). The van der Waals surface area contributed by atoms with Crippen LogP contribution in [0.5, 0.6) is 0 Å². The highest BCUT2D eigenvalue weighted by molar-refractivity contribution is 5.88. The first-order valence-electron chi connectivity index (χ1n) is 11.7. The fourth-order valence-electron chi connectivity index (χ4n) is 7.62. The topological polar surface area (TPSA) is 51.3 Å². The second-order valence-electron chi connectivity index (χ2n) is 11.3. The van der Waals surface area contributed by atoms with E-state index in [4.69, 9.17) is 0 Å². The number of hydrogen-bond acceptors (Lipinski definition) is 3. The van der Waals surface area contributed by atoms with Crippen molar-refractivity contribution in [2.75, 3.05) is 13.1 Å². The van der Waals surface area contributed by atoms with Crippen LogP contribution >= 0.6 is 0 Å². The average Bonchev–Trinajstić information content (AvgIpc) is 3.28. The number of para-hydroxylation sites is 1. The normalized spacial score (nSPS) is 36.4. The summed E-state index contributed by atoms with van der Waals surface area (Å²) >= 11 is 0. The molecule has 1 unspecified atom stereocenters. The zero-order chi connectivity index (χ0) is 20.9. The molecule has 2 bridgehead atoms. The van der Waals surface area contributed by atoms with Gasteiger partial charge in [0.1, 0.15) is 6.23 Å². The van der Waals surface area contributed by atoms with Crippen molar-refractivity contribution in [3.8, 4) is 0 Å². The third kappa shape index (κ3) is 2.28. The molecular formula is C26H35N3O. The summed E-state index contributed by atoms with van der Waals surface area (Å²) in [4.78, 5) is 6.55. The van der Waals surface area contributed by atoms with Crippen LogP contribution in [0, 0.1) is 5.92 Å². The van der Waals surface area contributed by atoms with E-state index < -0.39 is 6.23 Å². The monoisotopic (exact) mass is 405 g/mol. The van der Waals surface area contributed by atoms with Gasteiger partial charge in [-0.15, -0.1) is 0 Å². The predicted molar refractivity (Wildman–Crippen MR) is 122 cm³/mol. The predicted octanol–water partition coefficient (Wildman–Crippen LogP) is 4.03. The lowest BCUT2D eigenvalue weighted by Crippen LogP contribution is -2.83. The van der Waals surface area contributed by atoms with E-state index in [9.17, 15) is 5.11 Å². The molecule has 3 N–H and O–H groups in total. The number of aliphatic hydroxyl groups is 1. The molecule has 4 saturated heterocycles. The molecule has 4 heteroatoms. The summed E-state index contributed by atoms with van der Waals surface area (Å²) < 4.78 is 0. The van der Waals surface area contributed by atoms with Gasteiger partial charge in [0.2, 0.25) is 0 Å². The largest absolute Gasteiger partial charge is 0.377 e. The van der Waals surface area contributed by atoms with Gasteiger partial charge in [-0.3, -0.25) is 10.2 Å². The van der Waals surface area contributed by atoms with E-state index in [1.807, 2.05) is 0 Å². The van der Waals surface area contributed by atoms with Crippen LogP contribution in [0.1, 0.15) is 63.8 Å². The van der Waals surface area contributed by atoms with Gasteiger partial charge in [-0.05, 0) is 69.5 Å². The van der Waals surface area contributed by atoms with Crippen LogP contribution in [0.15, 0.2) is 29.8 Å². The van der Waals surface area contributed by atoms with Crippen molar-refractivity contribution in [3.05, 3.63) is 46.7 Å². The van der Waals surface area contributed by atoms with Crippen LogP contribution in [0.3, 0.4) is 0 Å². The minimum Gasteiger partial charge on any atom is -0.377 e. The maximum atomic E-state index is 11.2. The Morgan fingerprint density at radius 1 is 1.30 bits per heavy atom. The Hall–Kier alpha value is -1.62. The lowest BCUT2D eigenvalue weighted by atomic mass is 9.51. The summed E-state index contributed by atoms with van der Waals surface area (Å²) in [5.41, 5.74) is 6.93. The minimum absolute atomic E-state index is 0.0347. The van der Waals surface area contributed by atoms with Gasteiger partial charge in [-0.1, -0.05) is 43.7 Å². The molecule has 0 radical (unpaired) electrons. The maximum Gasteiger partial charge on any atom is 0.123 e. The molecule has 2 aromatic rings. The summed E-state index contributed by atoms with van der Waals surface area (Å²) in [5, 5.41) is 16.3. The van der Waals surface area contributed by atoms with E-state index >= 15 is 0 Å². The Morgan fingerprint density at radius 2 is 2.13 bits per heavy atom. The quantitative estimate of drug-likeness (QED) is 0.662. The van der Waals surface area contributed by atoms with E-state index in [1.165, 1.54) is 39.7 Å². The van der Waals surface area contributed by atoms with Crippen molar-refractivity contribution < 1.29 is 5.11 Å². The smallest absolute Gasteiger partial charge is 0.123 e. The summed E-state index contributed by atoms with van der Waals surface area (Å²) in [6.07, 6.45) is 7.34. The van der Waals surface area contributed by atoms with Crippen LogP contribution in [0.4, 0.5) is 0 Å². The number of H-pyrrole nitrogens is 1. The Labute approximate surface area is 179 Å². The minimum atomic E-state index is -0.402. The molecule has 2 spiro atoms. The zero-order valence-corrected chi connectivity index (χ0v) is 18.8. The molecule has 4 aliphatic heterocycles. The van der Waals surface area contributed by atoms with Crippen molar-refractivity contribution in [2.45, 2.75) is 82.5 Å².